The third kappa shape index (κ3) is 5.99. The molecule has 24 heavy (non-hydrogen) atoms. The number of carbonyl (C=O) groups excluding carboxylic acids is 1. The van der Waals surface area contributed by atoms with Crippen molar-refractivity contribution in [3.63, 3.8) is 0 Å². The molecule has 1 aliphatic heterocycles. The predicted molar refractivity (Wildman–Crippen MR) is 102 cm³/mol. The van der Waals surface area contributed by atoms with E-state index in [9.17, 15) is 4.79 Å². The lowest BCUT2D eigenvalue weighted by Crippen LogP contribution is -2.46. The van der Waals surface area contributed by atoms with Crippen LogP contribution in [-0.2, 0) is 4.79 Å². The van der Waals surface area contributed by atoms with E-state index in [-0.39, 0.29) is 11.3 Å². The Morgan fingerprint density at radius 2 is 1.71 bits per heavy atom. The number of piperazine rings is 1. The van der Waals surface area contributed by atoms with Gasteiger partial charge in [-0.05, 0) is 43.7 Å². The highest BCUT2D eigenvalue weighted by atomic mass is 35.5. The third-order valence-electron chi connectivity index (χ3n) is 4.43. The zero-order valence-corrected chi connectivity index (χ0v) is 15.9. The summed E-state index contributed by atoms with van der Waals surface area (Å²) in [4.78, 5) is 16.7. The molecule has 0 bridgehead atoms. The smallest absolute Gasteiger partial charge is 0.225 e. The van der Waals surface area contributed by atoms with Gasteiger partial charge in [0, 0.05) is 48.8 Å². The van der Waals surface area contributed by atoms with Crippen LogP contribution in [0.2, 0.25) is 5.02 Å². The van der Waals surface area contributed by atoms with Crippen LogP contribution in [0.1, 0.15) is 33.6 Å². The first kappa shape index (κ1) is 19.1. The van der Waals surface area contributed by atoms with E-state index in [1.54, 1.807) is 0 Å². The summed E-state index contributed by atoms with van der Waals surface area (Å²) in [5.41, 5.74) is 0.960. The molecule has 5 heteroatoms. The lowest BCUT2D eigenvalue weighted by Gasteiger charge is -2.36. The fraction of sp³-hybridized carbons (Fsp3) is 0.632. The Kier molecular flexibility index (Phi) is 6.93. The van der Waals surface area contributed by atoms with Crippen LogP contribution in [0, 0.1) is 5.41 Å². The molecule has 2 rings (SSSR count). The van der Waals surface area contributed by atoms with Crippen LogP contribution >= 0.6 is 11.6 Å². The molecule has 1 fully saturated rings. The monoisotopic (exact) mass is 351 g/mol. The molecule has 0 unspecified atom stereocenters. The van der Waals surface area contributed by atoms with Gasteiger partial charge >= 0.3 is 0 Å². The van der Waals surface area contributed by atoms with Crippen molar-refractivity contribution < 1.29 is 4.79 Å². The van der Waals surface area contributed by atoms with Crippen LogP contribution < -0.4 is 10.2 Å². The minimum absolute atomic E-state index is 0.138. The van der Waals surface area contributed by atoms with Crippen molar-refractivity contribution in [1.82, 2.24) is 10.2 Å². The number of rotatable bonds is 6. The van der Waals surface area contributed by atoms with Gasteiger partial charge in [0.1, 0.15) is 0 Å². The largest absolute Gasteiger partial charge is 0.369 e. The molecule has 0 radical (unpaired) electrons. The number of hydrogen-bond acceptors (Lipinski definition) is 3. The summed E-state index contributed by atoms with van der Waals surface area (Å²) in [6.45, 7) is 12.0. The Hall–Kier alpha value is -1.26. The zero-order chi connectivity index (χ0) is 17.6. The summed E-state index contributed by atoms with van der Waals surface area (Å²) in [7, 11) is 0. The fourth-order valence-corrected chi connectivity index (χ4v) is 2.94. The number of carbonyl (C=O) groups is 1. The minimum Gasteiger partial charge on any atom is -0.369 e. The summed E-state index contributed by atoms with van der Waals surface area (Å²) >= 11 is 5.95. The van der Waals surface area contributed by atoms with Crippen LogP contribution in [-0.4, -0.2) is 50.1 Å². The second-order valence-corrected chi connectivity index (χ2v) is 7.95. The van der Waals surface area contributed by atoms with E-state index in [2.05, 4.69) is 27.2 Å². The average Bonchev–Trinajstić information content (AvgIpc) is 2.55. The highest BCUT2D eigenvalue weighted by Crippen LogP contribution is 2.19. The minimum atomic E-state index is -0.294. The van der Waals surface area contributed by atoms with Crippen molar-refractivity contribution in [2.45, 2.75) is 33.6 Å². The lowest BCUT2D eigenvalue weighted by molar-refractivity contribution is -0.128. The van der Waals surface area contributed by atoms with Crippen LogP contribution in [0.4, 0.5) is 5.69 Å². The molecule has 1 aromatic rings. The molecule has 1 aromatic carbocycles. The van der Waals surface area contributed by atoms with Gasteiger partial charge in [0.15, 0.2) is 0 Å². The van der Waals surface area contributed by atoms with E-state index in [1.807, 2.05) is 32.9 Å². The van der Waals surface area contributed by atoms with Crippen molar-refractivity contribution in [2.75, 3.05) is 44.2 Å². The Morgan fingerprint density at radius 1 is 1.08 bits per heavy atom. The number of unbranched alkanes of at least 4 members (excludes halogenated alkanes) is 1. The summed E-state index contributed by atoms with van der Waals surface area (Å²) in [6, 6.07) is 8.09. The molecule has 0 atom stereocenters. The first-order chi connectivity index (χ1) is 11.4. The molecule has 4 nitrogen and oxygen atoms in total. The molecule has 0 spiro atoms. The predicted octanol–water partition coefficient (Wildman–Crippen LogP) is 3.40. The Balaban J connectivity index is 1.60. The van der Waals surface area contributed by atoms with Crippen molar-refractivity contribution in [3.8, 4) is 0 Å². The summed E-state index contributed by atoms with van der Waals surface area (Å²) in [5.74, 6) is 0.138. The summed E-state index contributed by atoms with van der Waals surface area (Å²) in [6.07, 6.45) is 2.17. The topological polar surface area (TPSA) is 35.6 Å². The van der Waals surface area contributed by atoms with Gasteiger partial charge in [0.25, 0.3) is 0 Å². The zero-order valence-electron chi connectivity index (χ0n) is 15.1. The van der Waals surface area contributed by atoms with Gasteiger partial charge in [-0.25, -0.2) is 0 Å². The number of nitrogens with one attached hydrogen (secondary N) is 1. The number of halogens is 1. The van der Waals surface area contributed by atoms with Crippen molar-refractivity contribution in [2.24, 2.45) is 5.41 Å². The number of benzene rings is 1. The van der Waals surface area contributed by atoms with Crippen molar-refractivity contribution >= 4 is 23.2 Å². The van der Waals surface area contributed by atoms with Crippen LogP contribution in [0.15, 0.2) is 24.3 Å². The maximum atomic E-state index is 11.8. The van der Waals surface area contributed by atoms with Gasteiger partial charge in [-0.2, -0.15) is 0 Å². The van der Waals surface area contributed by atoms with Crippen molar-refractivity contribution in [1.29, 1.82) is 0 Å². The highest BCUT2D eigenvalue weighted by Gasteiger charge is 2.20. The molecule has 0 saturated carbocycles. The molecule has 1 N–H and O–H groups in total. The maximum Gasteiger partial charge on any atom is 0.225 e. The standard InChI is InChI=1S/C19H30ClN3O/c1-19(2,3)18(24)21-10-4-5-11-22-12-14-23(15-13-22)17-8-6-16(20)7-9-17/h6-9H,4-5,10-15H2,1-3H3,(H,21,24). The number of nitrogens with zero attached hydrogens (tertiary/aromatic N) is 2. The van der Waals surface area contributed by atoms with E-state index in [0.717, 1.165) is 57.1 Å². The molecule has 1 amide bonds. The maximum absolute atomic E-state index is 11.8. The molecule has 0 aliphatic carbocycles. The molecular weight excluding hydrogens is 322 g/mol. The van der Waals surface area contributed by atoms with Gasteiger partial charge in [0.05, 0.1) is 0 Å². The molecule has 1 heterocycles. The van der Waals surface area contributed by atoms with E-state index >= 15 is 0 Å². The summed E-state index contributed by atoms with van der Waals surface area (Å²) in [5, 5.41) is 3.80. The van der Waals surface area contributed by atoms with E-state index < -0.39 is 0 Å². The quantitative estimate of drug-likeness (QED) is 0.798. The van der Waals surface area contributed by atoms with E-state index in [0.29, 0.717) is 0 Å². The van der Waals surface area contributed by atoms with Crippen LogP contribution in [0.5, 0.6) is 0 Å². The fourth-order valence-electron chi connectivity index (χ4n) is 2.81. The molecule has 1 saturated heterocycles. The lowest BCUT2D eigenvalue weighted by atomic mass is 9.96. The van der Waals surface area contributed by atoms with Crippen molar-refractivity contribution in [3.05, 3.63) is 29.3 Å². The highest BCUT2D eigenvalue weighted by molar-refractivity contribution is 6.30. The van der Waals surface area contributed by atoms with Gasteiger partial charge in [-0.1, -0.05) is 32.4 Å². The van der Waals surface area contributed by atoms with E-state index in [4.69, 9.17) is 11.6 Å². The van der Waals surface area contributed by atoms with Gasteiger partial charge in [-0.3, -0.25) is 9.69 Å². The van der Waals surface area contributed by atoms with Crippen LogP contribution in [0.3, 0.4) is 0 Å². The van der Waals surface area contributed by atoms with Crippen LogP contribution in [0.25, 0.3) is 0 Å². The van der Waals surface area contributed by atoms with E-state index in [1.165, 1.54) is 5.69 Å². The Bertz CT molecular complexity index is 516. The molecule has 0 aromatic heterocycles. The third-order valence-corrected chi connectivity index (χ3v) is 4.68. The second-order valence-electron chi connectivity index (χ2n) is 7.52. The number of anilines is 1. The van der Waals surface area contributed by atoms with Gasteiger partial charge in [0.2, 0.25) is 5.91 Å². The second kappa shape index (κ2) is 8.72. The summed E-state index contributed by atoms with van der Waals surface area (Å²) < 4.78 is 0. The SMILES string of the molecule is CC(C)(C)C(=O)NCCCCN1CCN(c2ccc(Cl)cc2)CC1. The molecule has 134 valence electrons. The Labute approximate surface area is 151 Å². The van der Waals surface area contributed by atoms with Gasteiger partial charge < -0.3 is 10.2 Å². The number of amides is 1. The first-order valence-electron chi connectivity index (χ1n) is 8.87. The number of hydrogen-bond donors (Lipinski definition) is 1. The van der Waals surface area contributed by atoms with Gasteiger partial charge in [-0.15, -0.1) is 0 Å². The molecule has 1 aliphatic rings. The first-order valence-corrected chi connectivity index (χ1v) is 9.25. The Morgan fingerprint density at radius 3 is 2.29 bits per heavy atom. The average molecular weight is 352 g/mol. The normalized spacial score (nSPS) is 16.2. The molecular formula is C19H30ClN3O.